The summed E-state index contributed by atoms with van der Waals surface area (Å²) >= 11 is 0. The molecule has 1 heterocycles. The highest BCUT2D eigenvalue weighted by molar-refractivity contribution is 5.97. The summed E-state index contributed by atoms with van der Waals surface area (Å²) in [6.07, 6.45) is -1.11. The molecule has 1 unspecified atom stereocenters. The van der Waals surface area contributed by atoms with Crippen molar-refractivity contribution in [3.05, 3.63) is 64.6 Å². The van der Waals surface area contributed by atoms with Crippen molar-refractivity contribution in [3.63, 3.8) is 0 Å². The van der Waals surface area contributed by atoms with Crippen molar-refractivity contribution in [1.29, 1.82) is 0 Å². The van der Waals surface area contributed by atoms with E-state index in [0.29, 0.717) is 22.4 Å². The molecule has 0 spiro atoms. The fourth-order valence-corrected chi connectivity index (χ4v) is 2.77. The molecule has 1 atom stereocenters. The first kappa shape index (κ1) is 20.1. The predicted molar refractivity (Wildman–Crippen MR) is 106 cm³/mol. The van der Waals surface area contributed by atoms with Gasteiger partial charge >= 0.3 is 11.7 Å². The Morgan fingerprint density at radius 1 is 1.10 bits per heavy atom. The molecule has 3 aromatic rings. The molecule has 1 aromatic heterocycles. The Kier molecular flexibility index (Phi) is 5.92. The largest absolute Gasteiger partial charge is 0.452 e. The minimum atomic E-state index is -1.02. The molecule has 1 N–H and O–H groups in total. The minimum absolute atomic E-state index is 0.0744. The van der Waals surface area contributed by atoms with Crippen LogP contribution in [0.2, 0.25) is 0 Å². The lowest BCUT2D eigenvalue weighted by atomic mass is 10.1. The molecule has 8 heteroatoms. The third kappa shape index (κ3) is 4.78. The highest BCUT2D eigenvalue weighted by Gasteiger charge is 2.19. The van der Waals surface area contributed by atoms with Crippen molar-refractivity contribution < 1.29 is 23.5 Å². The van der Waals surface area contributed by atoms with Gasteiger partial charge in [-0.15, -0.1) is 0 Å². The number of fused-ring (bicyclic) bond motifs is 1. The number of aryl methyl sites for hydroxylation is 1. The van der Waals surface area contributed by atoms with Gasteiger partial charge < -0.3 is 14.5 Å². The molecule has 0 radical (unpaired) electrons. The Bertz CT molecular complexity index is 1110. The zero-order chi connectivity index (χ0) is 21.0. The van der Waals surface area contributed by atoms with Crippen LogP contribution in [0.4, 0.5) is 5.69 Å². The van der Waals surface area contributed by atoms with Gasteiger partial charge in [-0.25, -0.2) is 4.79 Å². The van der Waals surface area contributed by atoms with Gasteiger partial charge in [0.1, 0.15) is 0 Å². The van der Waals surface area contributed by atoms with E-state index in [-0.39, 0.29) is 18.7 Å². The van der Waals surface area contributed by atoms with Gasteiger partial charge in [0.25, 0.3) is 5.91 Å². The Balaban J connectivity index is 1.54. The average Bonchev–Trinajstić information content (AvgIpc) is 3.01. The summed E-state index contributed by atoms with van der Waals surface area (Å²) in [7, 11) is 0. The van der Waals surface area contributed by atoms with Gasteiger partial charge in [0.05, 0.1) is 11.9 Å². The molecule has 1 amide bonds. The molecular weight excluding hydrogens is 376 g/mol. The fourth-order valence-electron chi connectivity index (χ4n) is 2.77. The van der Waals surface area contributed by atoms with Crippen LogP contribution in [0.3, 0.4) is 0 Å². The Morgan fingerprint density at radius 2 is 1.79 bits per heavy atom. The Morgan fingerprint density at radius 3 is 2.48 bits per heavy atom. The summed E-state index contributed by atoms with van der Waals surface area (Å²) < 4.78 is 11.6. The van der Waals surface area contributed by atoms with Crippen molar-refractivity contribution >= 4 is 34.4 Å². The number of amides is 1. The summed E-state index contributed by atoms with van der Waals surface area (Å²) in [5.41, 5.74) is 2.04. The number of hydrogen-bond acceptors (Lipinski definition) is 6. The molecule has 0 bridgehead atoms. The topological polar surface area (TPSA) is 108 Å². The maximum absolute atomic E-state index is 12.2. The summed E-state index contributed by atoms with van der Waals surface area (Å²) in [5.74, 6) is -1.75. The van der Waals surface area contributed by atoms with Gasteiger partial charge in [0, 0.05) is 17.8 Å². The van der Waals surface area contributed by atoms with Crippen LogP contribution in [0.15, 0.2) is 57.7 Å². The van der Waals surface area contributed by atoms with Gasteiger partial charge in [-0.3, -0.25) is 19.0 Å². The van der Waals surface area contributed by atoms with E-state index in [9.17, 15) is 19.2 Å². The lowest BCUT2D eigenvalue weighted by Gasteiger charge is -2.13. The minimum Gasteiger partial charge on any atom is -0.452 e. The number of Topliss-reactive ketones (excluding diaryl/α,β-unsaturated/α-hetero) is 1. The van der Waals surface area contributed by atoms with Crippen molar-refractivity contribution in [2.75, 3.05) is 5.32 Å². The second-order valence-electron chi connectivity index (χ2n) is 6.49. The number of rotatable bonds is 7. The number of para-hydroxylation sites is 2. The van der Waals surface area contributed by atoms with E-state index in [4.69, 9.17) is 9.15 Å². The average molecular weight is 396 g/mol. The number of ketones is 1. The van der Waals surface area contributed by atoms with E-state index in [2.05, 4.69) is 5.32 Å². The first-order valence-corrected chi connectivity index (χ1v) is 9.05. The molecule has 8 nitrogen and oxygen atoms in total. The molecule has 2 aromatic carbocycles. The lowest BCUT2D eigenvalue weighted by Crippen LogP contribution is -2.30. The number of nitrogens with one attached hydrogen (secondary N) is 1. The second kappa shape index (κ2) is 8.55. The Labute approximate surface area is 166 Å². The summed E-state index contributed by atoms with van der Waals surface area (Å²) in [6, 6.07) is 13.3. The summed E-state index contributed by atoms with van der Waals surface area (Å²) in [6.45, 7) is 2.99. The number of nitrogens with zero attached hydrogens (tertiary/aromatic N) is 1. The molecule has 0 saturated heterocycles. The smallest absolute Gasteiger partial charge is 0.419 e. The lowest BCUT2D eigenvalue weighted by molar-refractivity contribution is -0.153. The maximum atomic E-state index is 12.2. The van der Waals surface area contributed by atoms with Crippen LogP contribution in [0.25, 0.3) is 11.1 Å². The number of carbonyl (C=O) groups excluding carboxylic acids is 3. The van der Waals surface area contributed by atoms with E-state index in [1.54, 1.807) is 48.5 Å². The van der Waals surface area contributed by atoms with Gasteiger partial charge in [-0.2, -0.15) is 0 Å². The fraction of sp³-hybridized carbons (Fsp3) is 0.238. The molecule has 0 aliphatic carbocycles. The number of esters is 1. The number of hydrogen-bond donors (Lipinski definition) is 1. The predicted octanol–water partition coefficient (Wildman–Crippen LogP) is 2.76. The van der Waals surface area contributed by atoms with E-state index in [1.807, 2.05) is 0 Å². The van der Waals surface area contributed by atoms with Gasteiger partial charge in [0.15, 0.2) is 17.5 Å². The van der Waals surface area contributed by atoms with Crippen LogP contribution in [-0.4, -0.2) is 28.3 Å². The molecule has 29 heavy (non-hydrogen) atoms. The van der Waals surface area contributed by atoms with Crippen molar-refractivity contribution in [2.45, 2.75) is 32.9 Å². The highest BCUT2D eigenvalue weighted by atomic mass is 16.5. The molecular formula is C21H20N2O6. The number of carbonyl (C=O) groups is 3. The zero-order valence-electron chi connectivity index (χ0n) is 16.0. The second-order valence-corrected chi connectivity index (χ2v) is 6.49. The van der Waals surface area contributed by atoms with E-state index >= 15 is 0 Å². The van der Waals surface area contributed by atoms with E-state index < -0.39 is 23.7 Å². The van der Waals surface area contributed by atoms with Gasteiger partial charge in [-0.05, 0) is 50.2 Å². The van der Waals surface area contributed by atoms with Crippen molar-refractivity contribution in [1.82, 2.24) is 4.57 Å². The first-order valence-electron chi connectivity index (χ1n) is 9.05. The van der Waals surface area contributed by atoms with Crippen molar-refractivity contribution in [2.24, 2.45) is 0 Å². The van der Waals surface area contributed by atoms with Crippen LogP contribution in [-0.2, 0) is 20.9 Å². The normalized spacial score (nSPS) is 11.8. The third-order valence-electron chi connectivity index (χ3n) is 4.35. The highest BCUT2D eigenvalue weighted by Crippen LogP contribution is 2.13. The van der Waals surface area contributed by atoms with E-state index in [1.165, 1.54) is 18.4 Å². The van der Waals surface area contributed by atoms with E-state index in [0.717, 1.165) is 0 Å². The standard InChI is InChI=1S/C21H20N2O6/c1-13(24)15-7-9-16(10-8-15)22-20(26)14(2)28-19(25)11-12-23-17-5-3-4-6-18(17)29-21(23)27/h3-10,14H,11-12H2,1-2H3,(H,22,26). The Hall–Kier alpha value is -3.68. The number of benzene rings is 2. The number of oxazole rings is 1. The van der Waals surface area contributed by atoms with Crippen LogP contribution in [0, 0.1) is 0 Å². The molecule has 0 aliphatic heterocycles. The first-order chi connectivity index (χ1) is 13.8. The van der Waals surface area contributed by atoms with Gasteiger partial charge in [-0.1, -0.05) is 12.1 Å². The van der Waals surface area contributed by atoms with Gasteiger partial charge in [0.2, 0.25) is 0 Å². The molecule has 3 rings (SSSR count). The van der Waals surface area contributed by atoms with Crippen LogP contribution in [0.5, 0.6) is 0 Å². The molecule has 150 valence electrons. The maximum Gasteiger partial charge on any atom is 0.419 e. The zero-order valence-corrected chi connectivity index (χ0v) is 16.0. The van der Waals surface area contributed by atoms with Crippen molar-refractivity contribution in [3.8, 4) is 0 Å². The van der Waals surface area contributed by atoms with Crippen LogP contribution >= 0.6 is 0 Å². The molecule has 0 fully saturated rings. The summed E-state index contributed by atoms with van der Waals surface area (Å²) in [4.78, 5) is 47.5. The number of aromatic nitrogens is 1. The number of anilines is 1. The molecule has 0 aliphatic rings. The molecule has 0 saturated carbocycles. The van der Waals surface area contributed by atoms with Crippen LogP contribution < -0.4 is 11.1 Å². The third-order valence-corrected chi connectivity index (χ3v) is 4.35. The quantitative estimate of drug-likeness (QED) is 0.486. The SMILES string of the molecule is CC(=O)c1ccc(NC(=O)C(C)OC(=O)CCn2c(=O)oc3ccccc32)cc1. The monoisotopic (exact) mass is 396 g/mol. The number of ether oxygens (including phenoxy) is 1. The summed E-state index contributed by atoms with van der Waals surface area (Å²) in [5, 5.41) is 2.62. The van der Waals surface area contributed by atoms with Crippen LogP contribution in [0.1, 0.15) is 30.6 Å².